The van der Waals surface area contributed by atoms with Crippen LogP contribution in [0.1, 0.15) is 11.1 Å². The molecule has 1 heterocycles. The van der Waals surface area contributed by atoms with Crippen molar-refractivity contribution in [1.82, 2.24) is 5.32 Å². The van der Waals surface area contributed by atoms with Crippen LogP contribution >= 0.6 is 0 Å². The minimum absolute atomic E-state index is 0.0507. The van der Waals surface area contributed by atoms with Gasteiger partial charge in [-0.15, -0.1) is 0 Å². The Morgan fingerprint density at radius 2 is 1.80 bits per heavy atom. The lowest BCUT2D eigenvalue weighted by Crippen LogP contribution is -2.44. The van der Waals surface area contributed by atoms with Crippen LogP contribution in [0.4, 0.5) is 5.69 Å². The zero-order valence-corrected chi connectivity index (χ0v) is 11.0. The smallest absolute Gasteiger partial charge is 0.241 e. The number of rotatable bonds is 2. The van der Waals surface area contributed by atoms with Gasteiger partial charge in [0.1, 0.15) is 5.75 Å². The number of carbonyl (C=O) groups is 1. The van der Waals surface area contributed by atoms with Crippen molar-refractivity contribution in [3.8, 4) is 5.75 Å². The van der Waals surface area contributed by atoms with Gasteiger partial charge in [0.25, 0.3) is 0 Å². The fourth-order valence-corrected chi connectivity index (χ4v) is 2.41. The van der Waals surface area contributed by atoms with Gasteiger partial charge in [-0.25, -0.2) is 0 Å². The van der Waals surface area contributed by atoms with Crippen molar-refractivity contribution < 1.29 is 9.90 Å². The van der Waals surface area contributed by atoms with Crippen LogP contribution in [0.5, 0.6) is 5.75 Å². The molecule has 3 rings (SSSR count). The molecule has 3 N–H and O–H groups in total. The Hall–Kier alpha value is -2.33. The predicted molar refractivity (Wildman–Crippen MR) is 77.5 cm³/mol. The number of hydrogen-bond donors (Lipinski definition) is 3. The first-order valence-electron chi connectivity index (χ1n) is 6.62. The third-order valence-electron chi connectivity index (χ3n) is 3.53. The van der Waals surface area contributed by atoms with Gasteiger partial charge in [0.2, 0.25) is 5.91 Å². The lowest BCUT2D eigenvalue weighted by Gasteiger charge is -2.25. The van der Waals surface area contributed by atoms with Gasteiger partial charge in [0, 0.05) is 12.2 Å². The SMILES string of the molecule is O=C(Nc1ccc(O)cc1)[C@H]1Cc2ccccc2CN1. The molecule has 1 amide bonds. The summed E-state index contributed by atoms with van der Waals surface area (Å²) in [6, 6.07) is 14.4. The van der Waals surface area contributed by atoms with E-state index in [9.17, 15) is 9.90 Å². The number of anilines is 1. The maximum Gasteiger partial charge on any atom is 0.241 e. The summed E-state index contributed by atoms with van der Waals surface area (Å²) in [5, 5.41) is 15.3. The molecule has 1 aliphatic rings. The van der Waals surface area contributed by atoms with Crippen LogP contribution in [-0.4, -0.2) is 17.1 Å². The van der Waals surface area contributed by atoms with E-state index in [1.165, 1.54) is 11.1 Å². The number of phenolic OH excluding ortho intramolecular Hbond substituents is 1. The van der Waals surface area contributed by atoms with E-state index in [0.29, 0.717) is 18.7 Å². The summed E-state index contributed by atoms with van der Waals surface area (Å²) in [6.07, 6.45) is 0.695. The van der Waals surface area contributed by atoms with Crippen LogP contribution < -0.4 is 10.6 Å². The summed E-state index contributed by atoms with van der Waals surface area (Å²) in [5.41, 5.74) is 3.16. The second-order valence-corrected chi connectivity index (χ2v) is 4.94. The number of fused-ring (bicyclic) bond motifs is 1. The normalized spacial score (nSPS) is 17.3. The summed E-state index contributed by atoms with van der Waals surface area (Å²) in [4.78, 5) is 12.2. The largest absolute Gasteiger partial charge is 0.508 e. The Balaban J connectivity index is 1.68. The van der Waals surface area contributed by atoms with E-state index in [1.54, 1.807) is 24.3 Å². The van der Waals surface area contributed by atoms with Crippen LogP contribution in [0.3, 0.4) is 0 Å². The van der Waals surface area contributed by atoms with Crippen molar-refractivity contribution in [3.63, 3.8) is 0 Å². The lowest BCUT2D eigenvalue weighted by molar-refractivity contribution is -0.118. The van der Waals surface area contributed by atoms with Crippen molar-refractivity contribution in [2.24, 2.45) is 0 Å². The summed E-state index contributed by atoms with van der Waals surface area (Å²) < 4.78 is 0. The van der Waals surface area contributed by atoms with E-state index in [1.807, 2.05) is 12.1 Å². The predicted octanol–water partition coefficient (Wildman–Crippen LogP) is 2.05. The molecule has 102 valence electrons. The molecule has 0 saturated heterocycles. The number of hydrogen-bond acceptors (Lipinski definition) is 3. The second kappa shape index (κ2) is 5.35. The molecular weight excluding hydrogens is 252 g/mol. The van der Waals surface area contributed by atoms with E-state index in [0.717, 1.165) is 0 Å². The highest BCUT2D eigenvalue weighted by Gasteiger charge is 2.23. The Labute approximate surface area is 117 Å². The van der Waals surface area contributed by atoms with Crippen molar-refractivity contribution in [3.05, 3.63) is 59.7 Å². The van der Waals surface area contributed by atoms with Gasteiger partial charge in [-0.05, 0) is 41.8 Å². The van der Waals surface area contributed by atoms with E-state index in [-0.39, 0.29) is 17.7 Å². The first-order valence-corrected chi connectivity index (χ1v) is 6.62. The molecule has 2 aromatic rings. The third kappa shape index (κ3) is 2.65. The van der Waals surface area contributed by atoms with Crippen molar-refractivity contribution in [2.45, 2.75) is 19.0 Å². The first kappa shape index (κ1) is 12.7. The van der Waals surface area contributed by atoms with E-state index < -0.39 is 0 Å². The van der Waals surface area contributed by atoms with Gasteiger partial charge in [0.15, 0.2) is 0 Å². The molecule has 0 unspecified atom stereocenters. The van der Waals surface area contributed by atoms with Crippen LogP contribution in [0, 0.1) is 0 Å². The Morgan fingerprint density at radius 3 is 2.55 bits per heavy atom. The molecule has 0 radical (unpaired) electrons. The van der Waals surface area contributed by atoms with Crippen molar-refractivity contribution in [2.75, 3.05) is 5.32 Å². The summed E-state index contributed by atoms with van der Waals surface area (Å²) in [5.74, 6) is 0.137. The van der Waals surface area contributed by atoms with Gasteiger partial charge in [-0.1, -0.05) is 24.3 Å². The van der Waals surface area contributed by atoms with E-state index in [4.69, 9.17) is 0 Å². The Bertz CT molecular complexity index is 623. The molecule has 4 heteroatoms. The molecule has 0 fully saturated rings. The maximum absolute atomic E-state index is 12.2. The fourth-order valence-electron chi connectivity index (χ4n) is 2.41. The molecule has 0 aliphatic carbocycles. The van der Waals surface area contributed by atoms with E-state index in [2.05, 4.69) is 22.8 Å². The van der Waals surface area contributed by atoms with Crippen LogP contribution in [0.2, 0.25) is 0 Å². The number of aromatic hydroxyl groups is 1. The third-order valence-corrected chi connectivity index (χ3v) is 3.53. The molecule has 20 heavy (non-hydrogen) atoms. The minimum atomic E-state index is -0.223. The summed E-state index contributed by atoms with van der Waals surface area (Å²) in [7, 11) is 0. The summed E-state index contributed by atoms with van der Waals surface area (Å²) >= 11 is 0. The Morgan fingerprint density at radius 1 is 1.10 bits per heavy atom. The van der Waals surface area contributed by atoms with Crippen molar-refractivity contribution in [1.29, 1.82) is 0 Å². The standard InChI is InChI=1S/C16H16N2O2/c19-14-7-5-13(6-8-14)18-16(20)15-9-11-3-1-2-4-12(11)10-17-15/h1-8,15,17,19H,9-10H2,(H,18,20)/t15-/m1/s1. The molecule has 0 aromatic heterocycles. The molecule has 1 atom stereocenters. The minimum Gasteiger partial charge on any atom is -0.508 e. The zero-order chi connectivity index (χ0) is 13.9. The van der Waals surface area contributed by atoms with Crippen LogP contribution in [-0.2, 0) is 17.8 Å². The molecule has 4 nitrogen and oxygen atoms in total. The fraction of sp³-hybridized carbons (Fsp3) is 0.188. The molecular formula is C16H16N2O2. The van der Waals surface area contributed by atoms with Gasteiger partial charge in [0.05, 0.1) is 6.04 Å². The monoisotopic (exact) mass is 268 g/mol. The summed E-state index contributed by atoms with van der Waals surface area (Å²) in [6.45, 7) is 0.712. The number of carbonyl (C=O) groups excluding carboxylic acids is 1. The average Bonchev–Trinajstić information content (AvgIpc) is 2.49. The highest BCUT2D eigenvalue weighted by molar-refractivity contribution is 5.95. The first-order chi connectivity index (χ1) is 9.72. The maximum atomic E-state index is 12.2. The van der Waals surface area contributed by atoms with Crippen LogP contribution in [0.25, 0.3) is 0 Å². The van der Waals surface area contributed by atoms with E-state index >= 15 is 0 Å². The van der Waals surface area contributed by atoms with Crippen LogP contribution in [0.15, 0.2) is 48.5 Å². The number of phenols is 1. The molecule has 1 aliphatic heterocycles. The average molecular weight is 268 g/mol. The van der Waals surface area contributed by atoms with Gasteiger partial charge in [-0.2, -0.15) is 0 Å². The number of amides is 1. The topological polar surface area (TPSA) is 61.4 Å². The highest BCUT2D eigenvalue weighted by atomic mass is 16.3. The highest BCUT2D eigenvalue weighted by Crippen LogP contribution is 2.18. The number of nitrogens with one attached hydrogen (secondary N) is 2. The number of benzene rings is 2. The second-order valence-electron chi connectivity index (χ2n) is 4.94. The molecule has 0 saturated carbocycles. The van der Waals surface area contributed by atoms with Gasteiger partial charge in [-0.3, -0.25) is 4.79 Å². The van der Waals surface area contributed by atoms with Crippen molar-refractivity contribution >= 4 is 11.6 Å². The molecule has 2 aromatic carbocycles. The molecule has 0 bridgehead atoms. The zero-order valence-electron chi connectivity index (χ0n) is 11.0. The molecule has 0 spiro atoms. The van der Waals surface area contributed by atoms with Gasteiger partial charge >= 0.3 is 0 Å². The quantitative estimate of drug-likeness (QED) is 0.730. The Kier molecular flexibility index (Phi) is 3.39. The van der Waals surface area contributed by atoms with Gasteiger partial charge < -0.3 is 15.7 Å². The lowest BCUT2D eigenvalue weighted by atomic mass is 9.95.